The number of nitrogens with zero attached hydrogens (tertiary/aromatic N) is 1. The molecule has 2 aromatic rings. The third-order valence-electron chi connectivity index (χ3n) is 2.56. The van der Waals surface area contributed by atoms with E-state index < -0.39 is 0 Å². The predicted molar refractivity (Wildman–Crippen MR) is 73.7 cm³/mol. The maximum absolute atomic E-state index is 11.7. The highest BCUT2D eigenvalue weighted by Gasteiger charge is 2.06. The summed E-state index contributed by atoms with van der Waals surface area (Å²) in [6.45, 7) is 3.86. The van der Waals surface area contributed by atoms with E-state index in [0.29, 0.717) is 12.1 Å². The Morgan fingerprint density at radius 2 is 2.22 bits per heavy atom. The van der Waals surface area contributed by atoms with E-state index in [2.05, 4.69) is 17.4 Å². The van der Waals surface area contributed by atoms with Gasteiger partial charge in [-0.15, -0.1) is 11.3 Å². The summed E-state index contributed by atoms with van der Waals surface area (Å²) in [7, 11) is 1.92. The number of hydrogen-bond acceptors (Lipinski definition) is 3. The van der Waals surface area contributed by atoms with Crippen LogP contribution in [0.3, 0.4) is 0 Å². The molecule has 5 heteroatoms. The van der Waals surface area contributed by atoms with Gasteiger partial charge in [0, 0.05) is 18.9 Å². The van der Waals surface area contributed by atoms with Crippen LogP contribution in [-0.4, -0.2) is 10.5 Å². The zero-order valence-corrected chi connectivity index (χ0v) is 11.0. The highest BCUT2D eigenvalue weighted by Crippen LogP contribution is 2.14. The summed E-state index contributed by atoms with van der Waals surface area (Å²) >= 11 is 1.57. The lowest BCUT2D eigenvalue weighted by Gasteiger charge is -2.10. The first-order valence-corrected chi connectivity index (χ1v) is 6.42. The van der Waals surface area contributed by atoms with Crippen molar-refractivity contribution in [1.82, 2.24) is 15.4 Å². The number of carbonyl (C=O) groups excluding carboxylic acids is 1. The lowest BCUT2D eigenvalue weighted by molar-refractivity contribution is -0.121. The number of aromatic nitrogens is 1. The quantitative estimate of drug-likeness (QED) is 0.808. The highest BCUT2D eigenvalue weighted by molar-refractivity contribution is 7.11. The van der Waals surface area contributed by atoms with Crippen LogP contribution in [0.15, 0.2) is 42.4 Å². The predicted octanol–water partition coefficient (Wildman–Crippen LogP) is 1.92. The topological polar surface area (TPSA) is 46.1 Å². The monoisotopic (exact) mass is 261 g/mol. The van der Waals surface area contributed by atoms with Gasteiger partial charge in [-0.1, -0.05) is 12.6 Å². The van der Waals surface area contributed by atoms with Crippen LogP contribution < -0.4 is 10.9 Å². The van der Waals surface area contributed by atoms with Crippen molar-refractivity contribution in [3.63, 3.8) is 0 Å². The fraction of sp³-hybridized carbons (Fsp3) is 0.154. The maximum atomic E-state index is 11.7. The van der Waals surface area contributed by atoms with Crippen molar-refractivity contribution in [2.24, 2.45) is 7.05 Å². The second kappa shape index (κ2) is 5.55. The molecule has 18 heavy (non-hydrogen) atoms. The van der Waals surface area contributed by atoms with Crippen molar-refractivity contribution < 1.29 is 4.79 Å². The zero-order chi connectivity index (χ0) is 13.0. The Kier molecular flexibility index (Phi) is 3.84. The molecule has 0 aliphatic rings. The van der Waals surface area contributed by atoms with Gasteiger partial charge in [0.05, 0.1) is 17.0 Å². The normalized spacial score (nSPS) is 10.1. The first-order chi connectivity index (χ1) is 8.66. The SMILES string of the molecule is C=C(NNC(=O)Cc1cccn1C)c1cccs1. The first kappa shape index (κ1) is 12.4. The van der Waals surface area contributed by atoms with E-state index in [4.69, 9.17) is 0 Å². The van der Waals surface area contributed by atoms with Crippen molar-refractivity contribution in [2.75, 3.05) is 0 Å². The van der Waals surface area contributed by atoms with E-state index >= 15 is 0 Å². The summed E-state index contributed by atoms with van der Waals surface area (Å²) in [4.78, 5) is 12.7. The standard InChI is InChI=1S/C13H15N3OS/c1-10(12-6-4-8-18-12)14-15-13(17)9-11-5-3-7-16(11)2/h3-8,14H,1,9H2,2H3,(H,15,17). The Hall–Kier alpha value is -2.01. The van der Waals surface area contributed by atoms with Crippen LogP contribution in [0.4, 0.5) is 0 Å². The Morgan fingerprint density at radius 1 is 1.39 bits per heavy atom. The van der Waals surface area contributed by atoms with Gasteiger partial charge in [0.2, 0.25) is 5.91 Å². The van der Waals surface area contributed by atoms with Crippen molar-refractivity contribution in [3.05, 3.63) is 53.0 Å². The van der Waals surface area contributed by atoms with Crippen LogP contribution in [0.5, 0.6) is 0 Å². The Labute approximate surface area is 110 Å². The zero-order valence-electron chi connectivity index (χ0n) is 10.1. The largest absolute Gasteiger partial charge is 0.354 e. The molecule has 2 aromatic heterocycles. The van der Waals surface area contributed by atoms with Crippen LogP contribution in [-0.2, 0) is 18.3 Å². The molecule has 0 fully saturated rings. The summed E-state index contributed by atoms with van der Waals surface area (Å²) in [5, 5.41) is 1.97. The van der Waals surface area contributed by atoms with Gasteiger partial charge in [-0.2, -0.15) is 0 Å². The average molecular weight is 261 g/mol. The molecule has 0 saturated heterocycles. The number of amides is 1. The molecule has 1 amide bonds. The van der Waals surface area contributed by atoms with Gasteiger partial charge in [-0.05, 0) is 23.6 Å². The number of hydrazine groups is 1. The second-order valence-corrected chi connectivity index (χ2v) is 4.86. The van der Waals surface area contributed by atoms with Gasteiger partial charge < -0.3 is 4.57 Å². The van der Waals surface area contributed by atoms with E-state index in [1.807, 2.05) is 47.5 Å². The van der Waals surface area contributed by atoms with Crippen molar-refractivity contribution >= 4 is 22.9 Å². The van der Waals surface area contributed by atoms with Gasteiger partial charge in [-0.25, -0.2) is 0 Å². The molecule has 0 aromatic carbocycles. The molecule has 0 saturated carbocycles. The highest BCUT2D eigenvalue weighted by atomic mass is 32.1. The van der Waals surface area contributed by atoms with Gasteiger partial charge in [0.1, 0.15) is 0 Å². The lowest BCUT2D eigenvalue weighted by atomic mass is 10.3. The summed E-state index contributed by atoms with van der Waals surface area (Å²) in [6, 6.07) is 7.73. The minimum Gasteiger partial charge on any atom is -0.354 e. The number of hydrogen-bond donors (Lipinski definition) is 2. The third-order valence-corrected chi connectivity index (χ3v) is 3.49. The van der Waals surface area contributed by atoms with Crippen molar-refractivity contribution in [1.29, 1.82) is 0 Å². The molecule has 94 valence electrons. The Morgan fingerprint density at radius 3 is 2.83 bits per heavy atom. The molecule has 0 spiro atoms. The van der Waals surface area contributed by atoms with Crippen LogP contribution in [0.1, 0.15) is 10.6 Å². The molecule has 0 aliphatic heterocycles. The van der Waals surface area contributed by atoms with Crippen LogP contribution >= 0.6 is 11.3 Å². The minimum absolute atomic E-state index is 0.0884. The average Bonchev–Trinajstić information content (AvgIpc) is 2.99. The lowest BCUT2D eigenvalue weighted by Crippen LogP contribution is -2.37. The number of carbonyl (C=O) groups is 1. The molecule has 2 N–H and O–H groups in total. The first-order valence-electron chi connectivity index (χ1n) is 5.54. The summed E-state index contributed by atoms with van der Waals surface area (Å²) in [6.07, 6.45) is 2.26. The van der Waals surface area contributed by atoms with E-state index in [9.17, 15) is 4.79 Å². The second-order valence-electron chi connectivity index (χ2n) is 3.92. The molecular formula is C13H15N3OS. The van der Waals surface area contributed by atoms with E-state index in [-0.39, 0.29) is 5.91 Å². The third kappa shape index (κ3) is 3.01. The van der Waals surface area contributed by atoms with E-state index in [1.165, 1.54) is 0 Å². The number of nitrogens with one attached hydrogen (secondary N) is 2. The van der Waals surface area contributed by atoms with Crippen LogP contribution in [0, 0.1) is 0 Å². The van der Waals surface area contributed by atoms with Crippen molar-refractivity contribution in [3.8, 4) is 0 Å². The smallest absolute Gasteiger partial charge is 0.244 e. The number of aryl methyl sites for hydroxylation is 1. The fourth-order valence-electron chi connectivity index (χ4n) is 1.55. The molecule has 0 radical (unpaired) electrons. The van der Waals surface area contributed by atoms with E-state index in [1.54, 1.807) is 11.3 Å². The van der Waals surface area contributed by atoms with Gasteiger partial charge in [0.25, 0.3) is 0 Å². The Bertz CT molecular complexity index is 542. The molecule has 2 heterocycles. The number of thiophene rings is 1. The molecule has 2 rings (SSSR count). The van der Waals surface area contributed by atoms with Crippen molar-refractivity contribution in [2.45, 2.75) is 6.42 Å². The molecule has 0 aliphatic carbocycles. The minimum atomic E-state index is -0.0884. The van der Waals surface area contributed by atoms with Gasteiger partial charge in [-0.3, -0.25) is 15.6 Å². The Balaban J connectivity index is 1.82. The summed E-state index contributed by atoms with van der Waals surface area (Å²) in [5.41, 5.74) is 7.13. The number of rotatable bonds is 5. The van der Waals surface area contributed by atoms with E-state index in [0.717, 1.165) is 10.6 Å². The van der Waals surface area contributed by atoms with Gasteiger partial charge in [0.15, 0.2) is 0 Å². The summed E-state index contributed by atoms with van der Waals surface area (Å²) in [5.74, 6) is -0.0884. The molecule has 0 bridgehead atoms. The van der Waals surface area contributed by atoms with Crippen LogP contribution in [0.25, 0.3) is 5.70 Å². The maximum Gasteiger partial charge on any atom is 0.244 e. The summed E-state index contributed by atoms with van der Waals surface area (Å²) < 4.78 is 1.92. The molecule has 0 atom stereocenters. The fourth-order valence-corrected chi connectivity index (χ4v) is 2.20. The molecule has 0 unspecified atom stereocenters. The molecular weight excluding hydrogens is 246 g/mol. The van der Waals surface area contributed by atoms with Crippen LogP contribution in [0.2, 0.25) is 0 Å². The molecule has 4 nitrogen and oxygen atoms in total. The van der Waals surface area contributed by atoms with Gasteiger partial charge >= 0.3 is 0 Å².